The van der Waals surface area contributed by atoms with Gasteiger partial charge in [0.2, 0.25) is 10.0 Å². The monoisotopic (exact) mass is 296 g/mol. The van der Waals surface area contributed by atoms with Crippen molar-refractivity contribution in [2.24, 2.45) is 0 Å². The number of rotatable bonds is 2. The normalized spacial score (nSPS) is 26.9. The molecule has 0 spiro atoms. The second-order valence-corrected chi connectivity index (χ2v) is 7.66. The zero-order valence-corrected chi connectivity index (χ0v) is 12.6. The fourth-order valence-electron chi connectivity index (χ4n) is 3.03. The topological polar surface area (TPSA) is 72.6 Å². The van der Waals surface area contributed by atoms with Crippen molar-refractivity contribution in [2.45, 2.75) is 43.8 Å². The summed E-state index contributed by atoms with van der Waals surface area (Å²) < 4.78 is 33.0. The lowest BCUT2D eigenvalue weighted by Crippen LogP contribution is -2.45. The van der Waals surface area contributed by atoms with E-state index in [1.807, 2.05) is 6.92 Å². The first-order valence-corrected chi connectivity index (χ1v) is 8.34. The Morgan fingerprint density at radius 3 is 2.40 bits per heavy atom. The van der Waals surface area contributed by atoms with Crippen molar-refractivity contribution in [3.63, 3.8) is 0 Å². The smallest absolute Gasteiger partial charge is 0.243 e. The Balaban J connectivity index is 2.00. The highest BCUT2D eigenvalue weighted by atomic mass is 32.2. The number of nitrogens with zero attached hydrogens (tertiary/aromatic N) is 1. The minimum absolute atomic E-state index is 0.0472. The number of ether oxygens (including phenoxy) is 1. The number of hydrogen-bond donors (Lipinski definition) is 1. The summed E-state index contributed by atoms with van der Waals surface area (Å²) in [5.41, 5.74) is 7.93. The lowest BCUT2D eigenvalue weighted by molar-refractivity contribution is -0.0114. The van der Waals surface area contributed by atoms with E-state index in [4.69, 9.17) is 10.5 Å². The molecule has 0 aliphatic carbocycles. The average Bonchev–Trinajstić information content (AvgIpc) is 2.72. The first-order chi connectivity index (χ1) is 9.38. The van der Waals surface area contributed by atoms with Crippen LogP contribution in [-0.4, -0.2) is 38.0 Å². The van der Waals surface area contributed by atoms with Gasteiger partial charge in [-0.25, -0.2) is 8.42 Å². The van der Waals surface area contributed by atoms with Crippen LogP contribution < -0.4 is 5.73 Å². The van der Waals surface area contributed by atoms with E-state index in [0.717, 1.165) is 18.4 Å². The van der Waals surface area contributed by atoms with Gasteiger partial charge < -0.3 is 10.5 Å². The Hall–Kier alpha value is -1.11. The molecular weight excluding hydrogens is 276 g/mol. The highest BCUT2D eigenvalue weighted by Crippen LogP contribution is 2.32. The summed E-state index contributed by atoms with van der Waals surface area (Å²) in [6, 6.07) is 3.51. The molecule has 2 heterocycles. The van der Waals surface area contributed by atoms with E-state index in [1.54, 1.807) is 23.4 Å². The third-order valence-electron chi connectivity index (χ3n) is 4.17. The summed E-state index contributed by atoms with van der Waals surface area (Å²) in [7, 11) is -3.49. The lowest BCUT2D eigenvalue weighted by Gasteiger charge is -2.31. The van der Waals surface area contributed by atoms with E-state index < -0.39 is 10.0 Å². The van der Waals surface area contributed by atoms with Crippen molar-refractivity contribution >= 4 is 15.7 Å². The Morgan fingerprint density at radius 2 is 1.80 bits per heavy atom. The number of morpholine rings is 1. The molecule has 3 rings (SSSR count). The van der Waals surface area contributed by atoms with Crippen LogP contribution >= 0.6 is 0 Å². The molecule has 2 saturated heterocycles. The fourth-order valence-corrected chi connectivity index (χ4v) is 4.88. The highest BCUT2D eigenvalue weighted by molar-refractivity contribution is 7.89. The first kappa shape index (κ1) is 13.9. The zero-order valence-electron chi connectivity index (χ0n) is 11.8. The summed E-state index contributed by atoms with van der Waals surface area (Å²) >= 11 is 0. The number of nitrogen functional groups attached to an aromatic ring is 1. The SMILES string of the molecule is Cc1cc(N)c(C)c(S(=O)(=O)N2CC3CCC(C2)O3)c1. The number of sulfonamides is 1. The zero-order chi connectivity index (χ0) is 14.5. The summed E-state index contributed by atoms with van der Waals surface area (Å²) in [5.74, 6) is 0. The number of anilines is 1. The molecule has 1 aromatic carbocycles. The Labute approximate surface area is 119 Å². The molecular formula is C14H20N2O3S. The molecule has 2 atom stereocenters. The van der Waals surface area contributed by atoms with Gasteiger partial charge in [-0.15, -0.1) is 0 Å². The summed E-state index contributed by atoms with van der Waals surface area (Å²) in [6.07, 6.45) is 1.99. The summed E-state index contributed by atoms with van der Waals surface area (Å²) in [5, 5.41) is 0. The van der Waals surface area contributed by atoms with Gasteiger partial charge in [-0.05, 0) is 49.9 Å². The summed E-state index contributed by atoms with van der Waals surface area (Å²) in [4.78, 5) is 0.330. The van der Waals surface area contributed by atoms with Crippen LogP contribution in [0.4, 0.5) is 5.69 Å². The van der Waals surface area contributed by atoms with Gasteiger partial charge in [-0.3, -0.25) is 0 Å². The van der Waals surface area contributed by atoms with Crippen LogP contribution in [0.25, 0.3) is 0 Å². The Morgan fingerprint density at radius 1 is 1.20 bits per heavy atom. The largest absolute Gasteiger partial charge is 0.398 e. The second kappa shape index (κ2) is 4.72. The Bertz CT molecular complexity index is 630. The first-order valence-electron chi connectivity index (χ1n) is 6.90. The second-order valence-electron chi connectivity index (χ2n) is 5.76. The van der Waals surface area contributed by atoms with Crippen LogP contribution in [0.5, 0.6) is 0 Å². The molecule has 2 bridgehead atoms. The predicted molar refractivity (Wildman–Crippen MR) is 77.0 cm³/mol. The van der Waals surface area contributed by atoms with Crippen LogP contribution in [-0.2, 0) is 14.8 Å². The number of benzene rings is 1. The molecule has 0 aromatic heterocycles. The average molecular weight is 296 g/mol. The Kier molecular flexibility index (Phi) is 3.27. The molecule has 5 nitrogen and oxygen atoms in total. The number of aryl methyl sites for hydroxylation is 1. The van der Waals surface area contributed by atoms with Gasteiger partial charge in [0.15, 0.2) is 0 Å². The minimum Gasteiger partial charge on any atom is -0.398 e. The van der Waals surface area contributed by atoms with Gasteiger partial charge >= 0.3 is 0 Å². The quantitative estimate of drug-likeness (QED) is 0.838. The number of fused-ring (bicyclic) bond motifs is 2. The maximum Gasteiger partial charge on any atom is 0.243 e. The van der Waals surface area contributed by atoms with E-state index in [-0.39, 0.29) is 12.2 Å². The molecule has 0 amide bonds. The third kappa shape index (κ3) is 2.21. The van der Waals surface area contributed by atoms with E-state index in [2.05, 4.69) is 0 Å². The molecule has 110 valence electrons. The van der Waals surface area contributed by atoms with Gasteiger partial charge in [0.25, 0.3) is 0 Å². The molecule has 0 radical (unpaired) electrons. The molecule has 2 aliphatic rings. The van der Waals surface area contributed by atoms with E-state index in [0.29, 0.717) is 29.2 Å². The maximum atomic E-state index is 12.8. The molecule has 1 aromatic rings. The molecule has 2 fully saturated rings. The van der Waals surface area contributed by atoms with Gasteiger partial charge in [0.1, 0.15) is 0 Å². The predicted octanol–water partition coefficient (Wildman–Crippen LogP) is 1.44. The van der Waals surface area contributed by atoms with Crippen molar-refractivity contribution in [1.29, 1.82) is 0 Å². The third-order valence-corrected chi connectivity index (χ3v) is 6.13. The number of nitrogens with two attached hydrogens (primary N) is 1. The van der Waals surface area contributed by atoms with E-state index in [1.165, 1.54) is 0 Å². The molecule has 2 aliphatic heterocycles. The molecule has 2 N–H and O–H groups in total. The fraction of sp³-hybridized carbons (Fsp3) is 0.571. The molecule has 2 unspecified atom stereocenters. The van der Waals surface area contributed by atoms with Crippen LogP contribution in [0.1, 0.15) is 24.0 Å². The standard InChI is InChI=1S/C14H20N2O3S/c1-9-5-13(15)10(2)14(6-9)20(17,18)16-7-11-3-4-12(8-16)19-11/h5-6,11-12H,3-4,7-8,15H2,1-2H3. The van der Waals surface area contributed by atoms with Crippen molar-refractivity contribution in [3.05, 3.63) is 23.3 Å². The lowest BCUT2D eigenvalue weighted by atomic mass is 10.1. The van der Waals surface area contributed by atoms with Crippen molar-refractivity contribution < 1.29 is 13.2 Å². The van der Waals surface area contributed by atoms with Crippen LogP contribution in [0, 0.1) is 13.8 Å². The van der Waals surface area contributed by atoms with E-state index >= 15 is 0 Å². The minimum atomic E-state index is -3.49. The van der Waals surface area contributed by atoms with Gasteiger partial charge in [0, 0.05) is 18.8 Å². The molecule has 6 heteroatoms. The van der Waals surface area contributed by atoms with Crippen molar-refractivity contribution in [1.82, 2.24) is 4.31 Å². The highest BCUT2D eigenvalue weighted by Gasteiger charge is 2.39. The van der Waals surface area contributed by atoms with Crippen LogP contribution in [0.3, 0.4) is 0 Å². The van der Waals surface area contributed by atoms with Gasteiger partial charge in [0.05, 0.1) is 17.1 Å². The van der Waals surface area contributed by atoms with Gasteiger partial charge in [-0.2, -0.15) is 4.31 Å². The number of hydrogen-bond acceptors (Lipinski definition) is 4. The van der Waals surface area contributed by atoms with E-state index in [9.17, 15) is 8.42 Å². The van der Waals surface area contributed by atoms with Gasteiger partial charge in [-0.1, -0.05) is 0 Å². The molecule has 0 saturated carbocycles. The maximum absolute atomic E-state index is 12.8. The summed E-state index contributed by atoms with van der Waals surface area (Å²) in [6.45, 7) is 4.52. The molecule has 20 heavy (non-hydrogen) atoms. The van der Waals surface area contributed by atoms with Crippen molar-refractivity contribution in [2.75, 3.05) is 18.8 Å². The van der Waals surface area contributed by atoms with Crippen LogP contribution in [0.2, 0.25) is 0 Å². The van der Waals surface area contributed by atoms with Crippen molar-refractivity contribution in [3.8, 4) is 0 Å². The van der Waals surface area contributed by atoms with Crippen LogP contribution in [0.15, 0.2) is 17.0 Å².